The minimum Gasteiger partial charge on any atom is -0.739 e. The third kappa shape index (κ3) is 23.5. The van der Waals surface area contributed by atoms with Crippen LogP contribution in [-0.2, 0) is 9.15 Å². The molecule has 21 heteroatoms. The number of fused-ring (bicyclic) bond motifs is 2. The second kappa shape index (κ2) is 34.3. The van der Waals surface area contributed by atoms with Crippen LogP contribution < -0.4 is 50.8 Å². The first-order valence-corrected chi connectivity index (χ1v) is 31.9. The number of aromatic nitrogens is 1. The van der Waals surface area contributed by atoms with Crippen molar-refractivity contribution in [2.24, 2.45) is 10.2 Å². The van der Waals surface area contributed by atoms with E-state index >= 15 is 0 Å². The van der Waals surface area contributed by atoms with Crippen molar-refractivity contribution in [3.8, 4) is 10.6 Å². The van der Waals surface area contributed by atoms with Gasteiger partial charge in [0.15, 0.2) is 9.15 Å². The molecule has 86 heavy (non-hydrogen) atoms. The van der Waals surface area contributed by atoms with Crippen LogP contribution in [0.25, 0.3) is 20.8 Å². The largest absolute Gasteiger partial charge is 0.739 e. The lowest BCUT2D eigenvalue weighted by atomic mass is 10.1. The maximum atomic E-state index is 11.2. The van der Waals surface area contributed by atoms with Crippen molar-refractivity contribution < 1.29 is 13.0 Å². The number of rotatable bonds is 12. The lowest BCUT2D eigenvalue weighted by molar-refractivity contribution is 0.391. The maximum Gasteiger partial charge on any atom is 0.201 e. The Morgan fingerprint density at radius 2 is 1.05 bits per heavy atom. The van der Waals surface area contributed by atoms with Gasteiger partial charge in [-0.15, -0.1) is 28.0 Å². The van der Waals surface area contributed by atoms with Crippen LogP contribution in [0, 0.1) is 4.91 Å². The number of likely N-dealkylation sites (N-methyl/N-ethyl adjacent to an activating group) is 1. The number of nitrogens with zero attached hydrogens (tertiary/aromatic N) is 11. The van der Waals surface area contributed by atoms with Gasteiger partial charge in [-0.05, 0) is 170 Å². The normalized spacial score (nSPS) is 12.0. The number of thioether (sulfide) groups is 1. The van der Waals surface area contributed by atoms with Gasteiger partial charge in [-0.25, -0.2) is 23.0 Å². The quantitative estimate of drug-likeness (QED) is 0.0223. The molecule has 0 spiro atoms. The highest BCUT2D eigenvalue weighted by molar-refractivity contribution is 8.69. The molecule has 0 bridgehead atoms. The van der Waals surface area contributed by atoms with Crippen LogP contribution in [0.1, 0.15) is 0 Å². The first-order chi connectivity index (χ1) is 40.6. The fraction of sp³-hybridized carbons (Fsp3) is 0.277. The van der Waals surface area contributed by atoms with E-state index in [0.29, 0.717) is 22.0 Å². The molecule has 458 valence electrons. The molecule has 3 aliphatic rings. The molecule has 0 fully saturated rings. The average Bonchev–Trinajstić information content (AvgIpc) is 2.15. The number of benzene rings is 7. The van der Waals surface area contributed by atoms with Crippen LogP contribution in [-0.4, -0.2) is 154 Å². The van der Waals surface area contributed by atoms with Gasteiger partial charge in [0.1, 0.15) is 19.8 Å². The van der Waals surface area contributed by atoms with E-state index in [4.69, 9.17) is 16.5 Å². The van der Waals surface area contributed by atoms with Crippen molar-refractivity contribution in [2.75, 3.05) is 160 Å². The molecule has 0 atom stereocenters. The van der Waals surface area contributed by atoms with Gasteiger partial charge in [0.25, 0.3) is 0 Å². The molecule has 9 rings (SSSR count). The van der Waals surface area contributed by atoms with Crippen LogP contribution in [0.15, 0.2) is 196 Å². The van der Waals surface area contributed by atoms with E-state index in [0.717, 1.165) is 38.9 Å². The van der Waals surface area contributed by atoms with Gasteiger partial charge < -0.3 is 45.4 Å². The molecule has 1 aliphatic heterocycles. The summed E-state index contributed by atoms with van der Waals surface area (Å²) in [7, 11) is 27.7. The number of aliphatic imine (C=N–C) groups is 1. The number of hydrogen-bond donors (Lipinski definition) is 2. The van der Waals surface area contributed by atoms with Crippen molar-refractivity contribution in [3.05, 3.63) is 186 Å². The molecule has 0 aromatic heterocycles. The van der Waals surface area contributed by atoms with Gasteiger partial charge >= 0.3 is 0 Å². The first kappa shape index (κ1) is 70.6. The van der Waals surface area contributed by atoms with Crippen LogP contribution in [0.3, 0.4) is 0 Å². The zero-order valence-electron chi connectivity index (χ0n) is 52.7. The monoisotopic (exact) mass is 1240 g/mol. The number of hydrogen-bond acceptors (Lipinski definition) is 19. The summed E-state index contributed by atoms with van der Waals surface area (Å²) in [6, 6.07) is 49.5. The van der Waals surface area contributed by atoms with Crippen LogP contribution in [0.5, 0.6) is 0 Å². The van der Waals surface area contributed by atoms with E-state index in [1.807, 2.05) is 203 Å². The SMILES string of the molecule is CN(C)c1ccc(N)cc1.CN(C)c1ccc(N=C2C=CC(N(C)C)C=C2)c(SS(=O)(=O)[O-])c1.CN(C)c1ccc(N=O)cc1.CN(C)c1ccc2nc3ccc(=[N+](C)C)cc-3sc2c1.CN(C)c1ccccc1.CSc1cc(N(C)C)ccc1N. The molecule has 17 nitrogen and oxygen atoms in total. The molecule has 6 aromatic carbocycles. The van der Waals surface area contributed by atoms with Crippen molar-refractivity contribution in [1.29, 1.82) is 0 Å². The van der Waals surface area contributed by atoms with Crippen molar-refractivity contribution in [2.45, 2.75) is 15.8 Å². The zero-order chi connectivity index (χ0) is 63.8. The summed E-state index contributed by atoms with van der Waals surface area (Å²) in [6.45, 7) is 0. The zero-order valence-corrected chi connectivity index (χ0v) is 55.9. The predicted molar refractivity (Wildman–Crippen MR) is 376 cm³/mol. The Balaban J connectivity index is 0.000000230. The summed E-state index contributed by atoms with van der Waals surface area (Å²) in [5.74, 6) is 0. The number of nitrogen functional groups attached to an aromatic ring is 2. The van der Waals surface area contributed by atoms with Gasteiger partial charge in [0, 0.05) is 158 Å². The van der Waals surface area contributed by atoms with E-state index < -0.39 is 9.15 Å². The fourth-order valence-corrected chi connectivity index (χ4v) is 10.8. The third-order valence-corrected chi connectivity index (χ3v) is 16.4. The van der Waals surface area contributed by atoms with E-state index in [9.17, 15) is 17.9 Å². The smallest absolute Gasteiger partial charge is 0.201 e. The molecule has 4 N–H and O–H groups in total. The average molecular weight is 1240 g/mol. The number of nitroso groups, excluding NO2 is 1. The summed E-state index contributed by atoms with van der Waals surface area (Å²) in [5.41, 5.74) is 23.4. The summed E-state index contributed by atoms with van der Waals surface area (Å²) >= 11 is 3.47. The minimum absolute atomic E-state index is 0.205. The van der Waals surface area contributed by atoms with Crippen LogP contribution >= 0.6 is 33.9 Å². The number of para-hydroxylation sites is 1. The van der Waals surface area contributed by atoms with Crippen LogP contribution in [0.4, 0.5) is 56.9 Å². The molecule has 0 saturated carbocycles. The van der Waals surface area contributed by atoms with Gasteiger partial charge in [0.05, 0.1) is 32.2 Å². The summed E-state index contributed by atoms with van der Waals surface area (Å²) in [4.78, 5) is 36.1. The van der Waals surface area contributed by atoms with Crippen LogP contribution in [0.2, 0.25) is 0 Å². The molecule has 1 heterocycles. The lowest BCUT2D eigenvalue weighted by Crippen LogP contribution is -2.25. The number of nitrogens with two attached hydrogens (primary N) is 2. The Labute approximate surface area is 522 Å². The van der Waals surface area contributed by atoms with E-state index in [2.05, 4.69) is 117 Å². The molecule has 2 aliphatic carbocycles. The topological polar surface area (TPSA) is 190 Å². The highest BCUT2D eigenvalue weighted by Gasteiger charge is 2.13. The van der Waals surface area contributed by atoms with Gasteiger partial charge in [-0.2, -0.15) is 0 Å². The number of allylic oxidation sites excluding steroid dienone is 2. The first-order valence-electron chi connectivity index (χ1n) is 27.2. The van der Waals surface area contributed by atoms with Gasteiger partial charge in [-0.1, -0.05) is 30.4 Å². The Hall–Kier alpha value is -7.92. The van der Waals surface area contributed by atoms with Gasteiger partial charge in [-0.3, -0.25) is 4.90 Å². The second-order valence-corrected chi connectivity index (χ2v) is 26.2. The maximum absolute atomic E-state index is 11.2. The number of anilines is 8. The molecule has 6 aromatic rings. The standard InChI is InChI=1S/C16H21N3O3S2.C16H18N3S.C9H14N2S.C8H10N2O.C8H12N2.C8H11N/c1-18(2)13-7-5-12(6-8-13)17-15-10-9-14(19(3)4)11-16(15)23-24(20,21)22;1-18(2)11-5-7-13-15(9-11)20-16-10-12(19(3)4)6-8-14(16)17-13;1-11(2)7-4-5-8(10)9(6-7)12-3;1-10(2)8-5-3-7(9-11)4-6-8;1-10(2)8-5-3-7(9)4-6-8;1-9(2)8-6-4-3-5-7-8/h5-11,13H,1-4H3,(H,20,21,22);5-10H,1-4H3;4-6H,10H2,1-3H3;3-6H,1-2H3;3-6H,9H2,1-2H3;3-7H,1-2H3/q;+1;;;;/p-1. The van der Waals surface area contributed by atoms with Crippen molar-refractivity contribution in [3.63, 3.8) is 0 Å². The Morgan fingerprint density at radius 3 is 1.52 bits per heavy atom. The molecule has 0 radical (unpaired) electrons. The second-order valence-electron chi connectivity index (χ2n) is 21.1. The lowest BCUT2D eigenvalue weighted by Gasteiger charge is -2.19. The Bertz CT molecular complexity index is 3640. The summed E-state index contributed by atoms with van der Waals surface area (Å²) < 4.78 is 36.8. The predicted octanol–water partition coefficient (Wildman–Crippen LogP) is 12.2. The van der Waals surface area contributed by atoms with E-state index in [1.165, 1.54) is 37.7 Å². The molecular formula is C65H85N13O4S4. The molecule has 0 unspecified atom stereocenters. The highest BCUT2D eigenvalue weighted by atomic mass is 33.1. The van der Waals surface area contributed by atoms with Crippen molar-refractivity contribution >= 4 is 116 Å². The Morgan fingerprint density at radius 1 is 0.570 bits per heavy atom. The van der Waals surface area contributed by atoms with Crippen molar-refractivity contribution in [1.82, 2.24) is 14.5 Å². The van der Waals surface area contributed by atoms with E-state index in [1.54, 1.807) is 47.4 Å². The fourth-order valence-electron chi connectivity index (χ4n) is 7.57. The Kier molecular flexibility index (Phi) is 28.1. The molecule has 0 saturated heterocycles. The summed E-state index contributed by atoms with van der Waals surface area (Å²) in [6.07, 6.45) is 9.80. The van der Waals surface area contributed by atoms with Gasteiger partial charge in [0.2, 0.25) is 5.36 Å². The highest BCUT2D eigenvalue weighted by Crippen LogP contribution is 2.36. The minimum atomic E-state index is -4.47. The molecule has 0 amide bonds. The van der Waals surface area contributed by atoms with E-state index in [-0.39, 0.29) is 16.8 Å². The third-order valence-electron chi connectivity index (χ3n) is 12.7. The summed E-state index contributed by atoms with van der Waals surface area (Å²) in [5, 5.41) is 4.01. The molecular weight excluding hydrogens is 1160 g/mol.